The van der Waals surface area contributed by atoms with Gasteiger partial charge in [-0.05, 0) is 23.6 Å². The van der Waals surface area contributed by atoms with Crippen molar-refractivity contribution in [1.82, 2.24) is 0 Å². The zero-order chi connectivity index (χ0) is 13.0. The number of carbonyl (C=O) groups is 1. The molecule has 0 aliphatic carbocycles. The van der Waals surface area contributed by atoms with E-state index in [1.807, 2.05) is 12.1 Å². The molecule has 18 heavy (non-hydrogen) atoms. The molecule has 0 fully saturated rings. The minimum Gasteiger partial charge on any atom is -0.326 e. The van der Waals surface area contributed by atoms with Crippen molar-refractivity contribution in [3.63, 3.8) is 0 Å². The second-order valence-corrected chi connectivity index (χ2v) is 5.49. The molecule has 0 spiro atoms. The first-order valence-electron chi connectivity index (χ1n) is 6.77. The van der Waals surface area contributed by atoms with E-state index >= 15 is 0 Å². The summed E-state index contributed by atoms with van der Waals surface area (Å²) in [5, 5.41) is 2.91. The van der Waals surface area contributed by atoms with E-state index in [0.717, 1.165) is 23.2 Å². The molecular formula is C15H20ClNO. The number of rotatable bonds is 6. The maximum Gasteiger partial charge on any atom is 0.228 e. The van der Waals surface area contributed by atoms with Gasteiger partial charge in [0, 0.05) is 5.69 Å². The van der Waals surface area contributed by atoms with E-state index in [4.69, 9.17) is 11.6 Å². The summed E-state index contributed by atoms with van der Waals surface area (Å²) < 4.78 is 0. The molecule has 0 saturated heterocycles. The van der Waals surface area contributed by atoms with E-state index in [2.05, 4.69) is 18.3 Å². The van der Waals surface area contributed by atoms with Crippen molar-refractivity contribution < 1.29 is 4.79 Å². The largest absolute Gasteiger partial charge is 0.326 e. The van der Waals surface area contributed by atoms with Crippen LogP contribution in [0, 0.1) is 0 Å². The van der Waals surface area contributed by atoms with Crippen LogP contribution in [0.1, 0.15) is 55.5 Å². The SMILES string of the molecule is CCCCCCC(Cl)c1ccc2c(c1)CC(=O)N2. The Morgan fingerprint density at radius 2 is 2.17 bits per heavy atom. The summed E-state index contributed by atoms with van der Waals surface area (Å²) in [5.41, 5.74) is 3.17. The molecule has 2 nitrogen and oxygen atoms in total. The van der Waals surface area contributed by atoms with Gasteiger partial charge >= 0.3 is 0 Å². The molecule has 0 radical (unpaired) electrons. The Hall–Kier alpha value is -1.02. The predicted octanol–water partition coefficient (Wildman–Crippen LogP) is 4.43. The van der Waals surface area contributed by atoms with Crippen molar-refractivity contribution in [1.29, 1.82) is 0 Å². The summed E-state index contributed by atoms with van der Waals surface area (Å²) in [5.74, 6) is 0.0798. The molecule has 1 aromatic carbocycles. The topological polar surface area (TPSA) is 29.1 Å². The lowest BCUT2D eigenvalue weighted by Gasteiger charge is -2.11. The number of amides is 1. The lowest BCUT2D eigenvalue weighted by molar-refractivity contribution is -0.115. The van der Waals surface area contributed by atoms with Crippen LogP contribution in [0.4, 0.5) is 5.69 Å². The highest BCUT2D eigenvalue weighted by atomic mass is 35.5. The summed E-state index contributed by atoms with van der Waals surface area (Å²) in [4.78, 5) is 11.3. The van der Waals surface area contributed by atoms with Crippen molar-refractivity contribution in [3.8, 4) is 0 Å². The number of alkyl halides is 1. The fraction of sp³-hybridized carbons (Fsp3) is 0.533. The van der Waals surface area contributed by atoms with Crippen molar-refractivity contribution in [2.75, 3.05) is 5.32 Å². The van der Waals surface area contributed by atoms with Crippen molar-refractivity contribution in [3.05, 3.63) is 29.3 Å². The minimum atomic E-state index is 0.0721. The van der Waals surface area contributed by atoms with Crippen LogP contribution < -0.4 is 5.32 Å². The third-order valence-electron chi connectivity index (χ3n) is 3.43. The maximum absolute atomic E-state index is 11.3. The van der Waals surface area contributed by atoms with Gasteiger partial charge in [-0.25, -0.2) is 0 Å². The molecule has 0 bridgehead atoms. The third-order valence-corrected chi connectivity index (χ3v) is 3.90. The van der Waals surface area contributed by atoms with E-state index in [9.17, 15) is 4.79 Å². The summed E-state index contributed by atoms with van der Waals surface area (Å²) in [7, 11) is 0. The normalized spacial score (nSPS) is 15.3. The Labute approximate surface area is 114 Å². The lowest BCUT2D eigenvalue weighted by atomic mass is 10.0. The number of benzene rings is 1. The Balaban J connectivity index is 1.93. The van der Waals surface area contributed by atoms with E-state index in [-0.39, 0.29) is 11.3 Å². The molecule has 3 heteroatoms. The van der Waals surface area contributed by atoms with Gasteiger partial charge in [-0.2, -0.15) is 0 Å². The Bertz CT molecular complexity index is 431. The summed E-state index contributed by atoms with van der Waals surface area (Å²) >= 11 is 6.42. The van der Waals surface area contributed by atoms with Crippen LogP contribution in [0.3, 0.4) is 0 Å². The second kappa shape index (κ2) is 6.24. The zero-order valence-corrected chi connectivity index (χ0v) is 11.6. The quantitative estimate of drug-likeness (QED) is 0.598. The Kier molecular flexibility index (Phi) is 4.65. The molecule has 1 N–H and O–H groups in total. The van der Waals surface area contributed by atoms with Gasteiger partial charge in [0.25, 0.3) is 0 Å². The van der Waals surface area contributed by atoms with Gasteiger partial charge < -0.3 is 5.32 Å². The molecule has 1 aliphatic heterocycles. The lowest BCUT2D eigenvalue weighted by Crippen LogP contribution is -2.03. The monoisotopic (exact) mass is 265 g/mol. The maximum atomic E-state index is 11.3. The minimum absolute atomic E-state index is 0.0721. The molecule has 2 rings (SSSR count). The van der Waals surface area contributed by atoms with Crippen LogP contribution in [0.5, 0.6) is 0 Å². The van der Waals surface area contributed by atoms with Gasteiger partial charge in [0.2, 0.25) is 5.91 Å². The van der Waals surface area contributed by atoms with Crippen LogP contribution >= 0.6 is 11.6 Å². The molecule has 1 aliphatic rings. The van der Waals surface area contributed by atoms with Crippen molar-refractivity contribution in [2.24, 2.45) is 0 Å². The number of anilines is 1. The highest BCUT2D eigenvalue weighted by Crippen LogP contribution is 2.31. The Morgan fingerprint density at radius 1 is 1.33 bits per heavy atom. The molecule has 1 aromatic rings. The average Bonchev–Trinajstić information content (AvgIpc) is 2.73. The number of fused-ring (bicyclic) bond motifs is 1. The molecule has 0 aromatic heterocycles. The predicted molar refractivity (Wildman–Crippen MR) is 76.1 cm³/mol. The van der Waals surface area contributed by atoms with E-state index in [0.29, 0.717) is 6.42 Å². The number of halogens is 1. The van der Waals surface area contributed by atoms with Gasteiger partial charge in [-0.1, -0.05) is 44.7 Å². The van der Waals surface area contributed by atoms with Crippen LogP contribution in [0.25, 0.3) is 0 Å². The third kappa shape index (κ3) is 3.26. The second-order valence-electron chi connectivity index (χ2n) is 4.96. The van der Waals surface area contributed by atoms with Crippen molar-refractivity contribution in [2.45, 2.75) is 50.8 Å². The number of carbonyl (C=O) groups excluding carboxylic acids is 1. The molecule has 1 unspecified atom stereocenters. The summed E-state index contributed by atoms with van der Waals surface area (Å²) in [6.07, 6.45) is 6.47. The molecule has 98 valence electrons. The molecule has 1 heterocycles. The highest BCUT2D eigenvalue weighted by molar-refractivity contribution is 6.20. The number of nitrogens with one attached hydrogen (secondary N) is 1. The first-order valence-corrected chi connectivity index (χ1v) is 7.21. The van der Waals surface area contributed by atoms with Gasteiger partial charge in [-0.3, -0.25) is 4.79 Å². The van der Waals surface area contributed by atoms with Gasteiger partial charge in [0.05, 0.1) is 11.8 Å². The van der Waals surface area contributed by atoms with Crippen LogP contribution in [0.2, 0.25) is 0 Å². The van der Waals surface area contributed by atoms with Gasteiger partial charge in [0.1, 0.15) is 0 Å². The Morgan fingerprint density at radius 3 is 2.94 bits per heavy atom. The standard InChI is InChI=1S/C15H20ClNO/c1-2-3-4-5-6-13(16)11-7-8-14-12(9-11)10-15(18)17-14/h7-9,13H,2-6,10H2,1H3,(H,17,18). The van der Waals surface area contributed by atoms with Gasteiger partial charge in [-0.15, -0.1) is 11.6 Å². The van der Waals surface area contributed by atoms with Crippen LogP contribution in [-0.4, -0.2) is 5.91 Å². The molecule has 0 saturated carbocycles. The number of hydrogen-bond acceptors (Lipinski definition) is 1. The van der Waals surface area contributed by atoms with E-state index in [1.165, 1.54) is 25.7 Å². The first-order chi connectivity index (χ1) is 8.70. The summed E-state index contributed by atoms with van der Waals surface area (Å²) in [6, 6.07) is 6.07. The number of unbranched alkanes of at least 4 members (excludes halogenated alkanes) is 3. The number of hydrogen-bond donors (Lipinski definition) is 1. The average molecular weight is 266 g/mol. The zero-order valence-electron chi connectivity index (χ0n) is 10.8. The van der Waals surface area contributed by atoms with E-state index in [1.54, 1.807) is 0 Å². The fourth-order valence-corrected chi connectivity index (χ4v) is 2.65. The fourth-order valence-electron chi connectivity index (χ4n) is 2.36. The molecule has 1 amide bonds. The highest BCUT2D eigenvalue weighted by Gasteiger charge is 2.19. The molecule has 1 atom stereocenters. The van der Waals surface area contributed by atoms with Crippen molar-refractivity contribution >= 4 is 23.2 Å². The van der Waals surface area contributed by atoms with Gasteiger partial charge in [0.15, 0.2) is 0 Å². The van der Waals surface area contributed by atoms with E-state index < -0.39 is 0 Å². The first kappa shape index (κ1) is 13.4. The summed E-state index contributed by atoms with van der Waals surface area (Å²) in [6.45, 7) is 2.21. The van der Waals surface area contributed by atoms with Crippen LogP contribution in [-0.2, 0) is 11.2 Å². The van der Waals surface area contributed by atoms with Crippen LogP contribution in [0.15, 0.2) is 18.2 Å². The smallest absolute Gasteiger partial charge is 0.228 e. The molecular weight excluding hydrogens is 246 g/mol.